The minimum absolute atomic E-state index is 0.216. The Kier molecular flexibility index (Phi) is 5.40. The zero-order valence-electron chi connectivity index (χ0n) is 9.24. The van der Waals surface area contributed by atoms with Crippen LogP contribution in [-0.2, 0) is 9.47 Å². The normalized spacial score (nSPS) is 26.4. The summed E-state index contributed by atoms with van der Waals surface area (Å²) < 4.78 is 10.6. The third-order valence-corrected chi connectivity index (χ3v) is 2.80. The molecule has 14 heavy (non-hydrogen) atoms. The number of morpholine rings is 1. The van der Waals surface area contributed by atoms with Crippen molar-refractivity contribution in [2.75, 3.05) is 40.0 Å². The highest BCUT2D eigenvalue weighted by atomic mass is 16.5. The maximum atomic E-state index is 5.59. The number of hydrogen-bond acceptors (Lipinski definition) is 4. The molecule has 0 amide bonds. The quantitative estimate of drug-likeness (QED) is 0.685. The molecule has 1 fully saturated rings. The van der Waals surface area contributed by atoms with Crippen molar-refractivity contribution in [2.24, 2.45) is 5.73 Å². The average Bonchev–Trinajstić information content (AvgIpc) is 2.26. The van der Waals surface area contributed by atoms with Crippen LogP contribution in [0.5, 0.6) is 0 Å². The van der Waals surface area contributed by atoms with Crippen molar-refractivity contribution in [3.63, 3.8) is 0 Å². The van der Waals surface area contributed by atoms with Crippen LogP contribution >= 0.6 is 0 Å². The van der Waals surface area contributed by atoms with E-state index < -0.39 is 0 Å². The number of ether oxygens (including phenoxy) is 2. The Morgan fingerprint density at radius 3 is 3.07 bits per heavy atom. The van der Waals surface area contributed by atoms with Crippen LogP contribution in [0.2, 0.25) is 0 Å². The number of hydrogen-bond donors (Lipinski definition) is 1. The van der Waals surface area contributed by atoms with Crippen molar-refractivity contribution < 1.29 is 9.47 Å². The molecule has 2 unspecified atom stereocenters. The third kappa shape index (κ3) is 3.53. The van der Waals surface area contributed by atoms with Gasteiger partial charge >= 0.3 is 0 Å². The molecule has 0 radical (unpaired) electrons. The second-order valence-corrected chi connectivity index (χ2v) is 3.85. The maximum absolute atomic E-state index is 5.59. The van der Waals surface area contributed by atoms with Gasteiger partial charge in [0.05, 0.1) is 12.7 Å². The Balaban J connectivity index is 2.27. The predicted molar refractivity (Wildman–Crippen MR) is 56.3 cm³/mol. The van der Waals surface area contributed by atoms with E-state index in [0.29, 0.717) is 12.6 Å². The summed E-state index contributed by atoms with van der Waals surface area (Å²) in [5, 5.41) is 0. The van der Waals surface area contributed by atoms with Gasteiger partial charge in [-0.2, -0.15) is 0 Å². The Morgan fingerprint density at radius 2 is 2.43 bits per heavy atom. The fraction of sp³-hybridized carbons (Fsp3) is 1.00. The molecule has 2 atom stereocenters. The molecule has 0 aromatic carbocycles. The molecule has 1 aliphatic rings. The van der Waals surface area contributed by atoms with Gasteiger partial charge < -0.3 is 15.2 Å². The summed E-state index contributed by atoms with van der Waals surface area (Å²) in [6.07, 6.45) is 1.29. The topological polar surface area (TPSA) is 47.7 Å². The third-order valence-electron chi connectivity index (χ3n) is 2.80. The molecule has 1 saturated heterocycles. The van der Waals surface area contributed by atoms with E-state index in [2.05, 4.69) is 11.8 Å². The molecule has 4 nitrogen and oxygen atoms in total. The molecule has 84 valence electrons. The molecule has 1 rings (SSSR count). The molecule has 0 aliphatic carbocycles. The number of methoxy groups -OCH3 is 1. The van der Waals surface area contributed by atoms with Gasteiger partial charge in [0.2, 0.25) is 0 Å². The lowest BCUT2D eigenvalue weighted by Gasteiger charge is -2.36. The number of nitrogens with two attached hydrogens (primary N) is 1. The predicted octanol–water partition coefficient (Wildman–Crippen LogP) is 0.0709. The van der Waals surface area contributed by atoms with E-state index in [4.69, 9.17) is 15.2 Å². The molecule has 0 saturated carbocycles. The molecule has 4 heteroatoms. The fourth-order valence-electron chi connectivity index (χ4n) is 1.76. The van der Waals surface area contributed by atoms with E-state index in [1.54, 1.807) is 7.11 Å². The van der Waals surface area contributed by atoms with Crippen LogP contribution in [0, 0.1) is 0 Å². The lowest BCUT2D eigenvalue weighted by atomic mass is 10.1. The lowest BCUT2D eigenvalue weighted by molar-refractivity contribution is -0.0393. The summed E-state index contributed by atoms with van der Waals surface area (Å²) in [6.45, 7) is 6.46. The molecule has 0 aromatic rings. The summed E-state index contributed by atoms with van der Waals surface area (Å²) >= 11 is 0. The smallest absolute Gasteiger partial charge is 0.0824 e. The van der Waals surface area contributed by atoms with Gasteiger partial charge in [-0.25, -0.2) is 0 Å². The van der Waals surface area contributed by atoms with Crippen LogP contribution < -0.4 is 5.73 Å². The van der Waals surface area contributed by atoms with Gasteiger partial charge in [0.25, 0.3) is 0 Å². The minimum Gasteiger partial charge on any atom is -0.385 e. The van der Waals surface area contributed by atoms with Crippen molar-refractivity contribution in [2.45, 2.75) is 25.5 Å². The van der Waals surface area contributed by atoms with Crippen molar-refractivity contribution in [1.29, 1.82) is 0 Å². The zero-order chi connectivity index (χ0) is 10.4. The molecule has 2 N–H and O–H groups in total. The monoisotopic (exact) mass is 202 g/mol. The summed E-state index contributed by atoms with van der Waals surface area (Å²) in [6, 6.07) is 0.563. The largest absolute Gasteiger partial charge is 0.385 e. The SMILES string of the molecule is COCCC(C)N1CCOC(CN)C1. The lowest BCUT2D eigenvalue weighted by Crippen LogP contribution is -2.49. The first-order chi connectivity index (χ1) is 6.77. The van der Waals surface area contributed by atoms with Crippen LogP contribution in [-0.4, -0.2) is 57.0 Å². The summed E-state index contributed by atoms with van der Waals surface area (Å²) in [4.78, 5) is 2.43. The van der Waals surface area contributed by atoms with Crippen LogP contribution in [0.15, 0.2) is 0 Å². The highest BCUT2D eigenvalue weighted by Gasteiger charge is 2.22. The van der Waals surface area contributed by atoms with Crippen molar-refractivity contribution >= 4 is 0 Å². The van der Waals surface area contributed by atoms with E-state index >= 15 is 0 Å². The van der Waals surface area contributed by atoms with Crippen LogP contribution in [0.25, 0.3) is 0 Å². The molecular weight excluding hydrogens is 180 g/mol. The minimum atomic E-state index is 0.216. The summed E-state index contributed by atoms with van der Waals surface area (Å²) in [5.74, 6) is 0. The van der Waals surface area contributed by atoms with Gasteiger partial charge in [0.1, 0.15) is 0 Å². The first kappa shape index (κ1) is 11.9. The second kappa shape index (κ2) is 6.35. The Hall–Kier alpha value is -0.160. The standard InChI is InChI=1S/C10H22N2O2/c1-9(3-5-13-2)12-4-6-14-10(7-11)8-12/h9-10H,3-8,11H2,1-2H3. The van der Waals surface area contributed by atoms with Crippen LogP contribution in [0.4, 0.5) is 0 Å². The molecule has 0 aromatic heterocycles. The van der Waals surface area contributed by atoms with E-state index in [1.807, 2.05) is 0 Å². The first-order valence-electron chi connectivity index (χ1n) is 5.32. The van der Waals surface area contributed by atoms with Crippen molar-refractivity contribution in [3.8, 4) is 0 Å². The number of rotatable bonds is 5. The number of nitrogens with zero attached hydrogens (tertiary/aromatic N) is 1. The van der Waals surface area contributed by atoms with E-state index in [0.717, 1.165) is 32.7 Å². The van der Waals surface area contributed by atoms with Gasteiger partial charge in [-0.15, -0.1) is 0 Å². The van der Waals surface area contributed by atoms with Gasteiger partial charge in [-0.3, -0.25) is 4.90 Å². The highest BCUT2D eigenvalue weighted by molar-refractivity contribution is 4.76. The first-order valence-corrected chi connectivity index (χ1v) is 5.32. The van der Waals surface area contributed by atoms with Crippen LogP contribution in [0.1, 0.15) is 13.3 Å². The molecule has 1 aliphatic heterocycles. The summed E-state index contributed by atoms with van der Waals surface area (Å²) in [7, 11) is 1.74. The van der Waals surface area contributed by atoms with Crippen LogP contribution in [0.3, 0.4) is 0 Å². The molecule has 1 heterocycles. The Labute approximate surface area is 86.3 Å². The fourth-order valence-corrected chi connectivity index (χ4v) is 1.76. The van der Waals surface area contributed by atoms with Crippen molar-refractivity contribution in [3.05, 3.63) is 0 Å². The van der Waals surface area contributed by atoms with E-state index in [9.17, 15) is 0 Å². The van der Waals surface area contributed by atoms with Gasteiger partial charge in [0, 0.05) is 39.4 Å². The Morgan fingerprint density at radius 1 is 1.64 bits per heavy atom. The Bertz CT molecular complexity index is 155. The zero-order valence-corrected chi connectivity index (χ0v) is 9.24. The maximum Gasteiger partial charge on any atom is 0.0824 e. The highest BCUT2D eigenvalue weighted by Crippen LogP contribution is 2.10. The molecule has 0 spiro atoms. The van der Waals surface area contributed by atoms with Gasteiger partial charge in [0.15, 0.2) is 0 Å². The van der Waals surface area contributed by atoms with Crippen molar-refractivity contribution in [1.82, 2.24) is 4.90 Å². The van der Waals surface area contributed by atoms with E-state index in [1.165, 1.54) is 0 Å². The second-order valence-electron chi connectivity index (χ2n) is 3.85. The molecule has 0 bridgehead atoms. The van der Waals surface area contributed by atoms with Gasteiger partial charge in [-0.1, -0.05) is 0 Å². The van der Waals surface area contributed by atoms with E-state index in [-0.39, 0.29) is 6.10 Å². The molecular formula is C10H22N2O2. The van der Waals surface area contributed by atoms with Gasteiger partial charge in [-0.05, 0) is 13.3 Å². The average molecular weight is 202 g/mol. The summed E-state index contributed by atoms with van der Waals surface area (Å²) in [5.41, 5.74) is 5.59.